The summed E-state index contributed by atoms with van der Waals surface area (Å²) in [6.07, 6.45) is 0.941. The molecule has 110 valence electrons. The normalized spacial score (nSPS) is 10.4. The van der Waals surface area contributed by atoms with Crippen molar-refractivity contribution in [3.8, 4) is 0 Å². The molecular weight excluding hydrogens is 309 g/mol. The lowest BCUT2D eigenvalue weighted by atomic mass is 10.1. The number of anilines is 2. The van der Waals surface area contributed by atoms with E-state index in [9.17, 15) is 4.79 Å². The lowest BCUT2D eigenvalue weighted by Crippen LogP contribution is -2.14. The maximum atomic E-state index is 12.0. The molecule has 0 unspecified atom stereocenters. The molecule has 1 aromatic heterocycles. The fraction of sp³-hybridized carbons (Fsp3) is 0.200. The lowest BCUT2D eigenvalue weighted by molar-refractivity contribution is -0.116. The van der Waals surface area contributed by atoms with Gasteiger partial charge < -0.3 is 11.1 Å². The van der Waals surface area contributed by atoms with E-state index in [0.717, 1.165) is 11.1 Å². The van der Waals surface area contributed by atoms with Gasteiger partial charge in [-0.05, 0) is 42.7 Å². The molecule has 1 aromatic carbocycles. The summed E-state index contributed by atoms with van der Waals surface area (Å²) in [6.45, 7) is 1.81. The highest BCUT2D eigenvalue weighted by molar-refractivity contribution is 6.34. The number of aryl methyl sites for hydroxylation is 2. The number of hydrogen-bond donors (Lipinski definition) is 2. The van der Waals surface area contributed by atoms with Crippen LogP contribution in [0.4, 0.5) is 11.4 Å². The van der Waals surface area contributed by atoms with Gasteiger partial charge in [-0.2, -0.15) is 0 Å². The number of nitrogens with zero attached hydrogens (tertiary/aromatic N) is 1. The largest absolute Gasteiger partial charge is 0.399 e. The van der Waals surface area contributed by atoms with E-state index in [4.69, 9.17) is 28.9 Å². The van der Waals surface area contributed by atoms with Crippen LogP contribution in [0.3, 0.4) is 0 Å². The minimum Gasteiger partial charge on any atom is -0.399 e. The third kappa shape index (κ3) is 4.34. The molecule has 0 saturated carbocycles. The summed E-state index contributed by atoms with van der Waals surface area (Å²) in [4.78, 5) is 15.9. The first kappa shape index (κ1) is 15.6. The van der Waals surface area contributed by atoms with Crippen LogP contribution in [0, 0.1) is 6.92 Å². The highest BCUT2D eigenvalue weighted by Crippen LogP contribution is 2.26. The van der Waals surface area contributed by atoms with Crippen LogP contribution in [0.15, 0.2) is 30.3 Å². The maximum Gasteiger partial charge on any atom is 0.224 e. The molecule has 2 rings (SSSR count). The second-order valence-corrected chi connectivity index (χ2v) is 5.47. The molecule has 0 aliphatic carbocycles. The third-order valence-corrected chi connectivity index (χ3v) is 3.46. The average Bonchev–Trinajstić information content (AvgIpc) is 2.40. The van der Waals surface area contributed by atoms with Crippen molar-refractivity contribution >= 4 is 40.5 Å². The number of nitrogens with one attached hydrogen (secondary N) is 1. The van der Waals surface area contributed by atoms with Gasteiger partial charge in [-0.1, -0.05) is 35.3 Å². The molecule has 0 saturated heterocycles. The first-order valence-corrected chi connectivity index (χ1v) is 7.18. The summed E-state index contributed by atoms with van der Waals surface area (Å²) in [6, 6.07) is 9.13. The number of aromatic nitrogens is 1. The second kappa shape index (κ2) is 6.78. The number of benzene rings is 1. The van der Waals surface area contributed by atoms with E-state index in [0.29, 0.717) is 29.4 Å². The summed E-state index contributed by atoms with van der Waals surface area (Å²) >= 11 is 11.8. The van der Waals surface area contributed by atoms with Crippen molar-refractivity contribution < 1.29 is 4.79 Å². The van der Waals surface area contributed by atoms with Gasteiger partial charge in [0.1, 0.15) is 5.15 Å². The first-order valence-electron chi connectivity index (χ1n) is 6.42. The van der Waals surface area contributed by atoms with Crippen molar-refractivity contribution in [1.82, 2.24) is 4.98 Å². The Hall–Kier alpha value is -1.78. The van der Waals surface area contributed by atoms with Crippen LogP contribution in [0.2, 0.25) is 10.3 Å². The number of halogens is 2. The number of carbonyl (C=O) groups excluding carboxylic acids is 1. The molecule has 0 aliphatic rings. The molecule has 0 atom stereocenters. The van der Waals surface area contributed by atoms with Crippen LogP contribution in [0.1, 0.15) is 17.5 Å². The smallest absolute Gasteiger partial charge is 0.224 e. The van der Waals surface area contributed by atoms with Crippen molar-refractivity contribution in [2.45, 2.75) is 19.8 Å². The third-order valence-electron chi connectivity index (χ3n) is 3.00. The molecule has 1 heterocycles. The number of nitrogen functional groups attached to an aromatic ring is 1. The molecule has 21 heavy (non-hydrogen) atoms. The molecular formula is C15H15Cl2N3O. The van der Waals surface area contributed by atoms with Crippen LogP contribution in [-0.2, 0) is 11.2 Å². The number of hydrogen-bond acceptors (Lipinski definition) is 3. The monoisotopic (exact) mass is 323 g/mol. The Balaban J connectivity index is 1.99. The maximum absolute atomic E-state index is 12.0. The Bertz CT molecular complexity index is 651. The van der Waals surface area contributed by atoms with Crippen molar-refractivity contribution in [2.75, 3.05) is 11.1 Å². The lowest BCUT2D eigenvalue weighted by Gasteiger charge is -2.10. The molecule has 4 nitrogen and oxygen atoms in total. The van der Waals surface area contributed by atoms with E-state index in [1.807, 2.05) is 31.2 Å². The molecule has 0 bridgehead atoms. The van der Waals surface area contributed by atoms with Crippen LogP contribution in [0.5, 0.6) is 0 Å². The van der Waals surface area contributed by atoms with Gasteiger partial charge in [0, 0.05) is 12.1 Å². The Morgan fingerprint density at radius 1 is 1.33 bits per heavy atom. The topological polar surface area (TPSA) is 68.0 Å². The fourth-order valence-electron chi connectivity index (χ4n) is 1.95. The number of pyridine rings is 1. The number of amides is 1. The number of carbonyl (C=O) groups is 1. The van der Waals surface area contributed by atoms with Crippen molar-refractivity contribution in [3.05, 3.63) is 51.8 Å². The van der Waals surface area contributed by atoms with Gasteiger partial charge in [0.25, 0.3) is 0 Å². The van der Waals surface area contributed by atoms with E-state index < -0.39 is 0 Å². The quantitative estimate of drug-likeness (QED) is 0.663. The molecule has 3 N–H and O–H groups in total. The van der Waals surface area contributed by atoms with Crippen LogP contribution >= 0.6 is 23.2 Å². The summed E-state index contributed by atoms with van der Waals surface area (Å²) < 4.78 is 0. The Morgan fingerprint density at radius 3 is 2.76 bits per heavy atom. The van der Waals surface area contributed by atoms with Crippen molar-refractivity contribution in [3.63, 3.8) is 0 Å². The first-order chi connectivity index (χ1) is 9.95. The number of rotatable bonds is 4. The van der Waals surface area contributed by atoms with Gasteiger partial charge >= 0.3 is 0 Å². The minimum atomic E-state index is -0.133. The molecule has 0 aliphatic heterocycles. The Morgan fingerprint density at radius 2 is 2.10 bits per heavy atom. The van der Waals surface area contributed by atoms with Crippen LogP contribution in [-0.4, -0.2) is 10.9 Å². The summed E-state index contributed by atoms with van der Waals surface area (Å²) in [5.74, 6) is -0.133. The van der Waals surface area contributed by atoms with E-state index in [2.05, 4.69) is 10.3 Å². The molecule has 6 heteroatoms. The van der Waals surface area contributed by atoms with Gasteiger partial charge in [-0.15, -0.1) is 0 Å². The van der Waals surface area contributed by atoms with Gasteiger partial charge in [-0.3, -0.25) is 4.79 Å². The zero-order valence-electron chi connectivity index (χ0n) is 11.5. The van der Waals surface area contributed by atoms with Crippen LogP contribution in [0.25, 0.3) is 0 Å². The van der Waals surface area contributed by atoms with Crippen LogP contribution < -0.4 is 11.1 Å². The highest BCUT2D eigenvalue weighted by atomic mass is 35.5. The van der Waals surface area contributed by atoms with E-state index >= 15 is 0 Å². The second-order valence-electron chi connectivity index (χ2n) is 4.72. The molecule has 0 radical (unpaired) electrons. The zero-order valence-corrected chi connectivity index (χ0v) is 13.0. The average molecular weight is 324 g/mol. The predicted molar refractivity (Wildman–Crippen MR) is 86.8 cm³/mol. The molecule has 0 spiro atoms. The fourth-order valence-corrected chi connectivity index (χ4v) is 2.53. The SMILES string of the molecule is Cc1cc(Cl)nc(Cl)c1NC(=O)CCc1cccc(N)c1. The predicted octanol–water partition coefficient (Wildman–Crippen LogP) is 3.85. The van der Waals surface area contributed by atoms with E-state index in [-0.39, 0.29) is 11.1 Å². The number of nitrogens with two attached hydrogens (primary N) is 1. The van der Waals surface area contributed by atoms with Gasteiger partial charge in [0.15, 0.2) is 5.15 Å². The highest BCUT2D eigenvalue weighted by Gasteiger charge is 2.11. The van der Waals surface area contributed by atoms with Gasteiger partial charge in [-0.25, -0.2) is 4.98 Å². The van der Waals surface area contributed by atoms with Gasteiger partial charge in [0.05, 0.1) is 5.69 Å². The standard InChI is InChI=1S/C15H15Cl2N3O/c1-9-7-12(16)19-15(17)14(9)20-13(21)6-5-10-3-2-4-11(18)8-10/h2-4,7-8H,5-6,18H2,1H3,(H,20,21). The summed E-state index contributed by atoms with van der Waals surface area (Å²) in [5.41, 5.74) is 8.68. The summed E-state index contributed by atoms with van der Waals surface area (Å²) in [7, 11) is 0. The van der Waals surface area contributed by atoms with E-state index in [1.54, 1.807) is 6.07 Å². The minimum absolute atomic E-state index is 0.133. The summed E-state index contributed by atoms with van der Waals surface area (Å²) in [5, 5.41) is 3.26. The Labute approximate surface area is 133 Å². The molecule has 2 aromatic rings. The molecule has 1 amide bonds. The van der Waals surface area contributed by atoms with Gasteiger partial charge in [0.2, 0.25) is 5.91 Å². The van der Waals surface area contributed by atoms with Crippen molar-refractivity contribution in [2.24, 2.45) is 0 Å². The Kier molecular flexibility index (Phi) is 5.04. The van der Waals surface area contributed by atoms with E-state index in [1.165, 1.54) is 0 Å². The van der Waals surface area contributed by atoms with Crippen molar-refractivity contribution in [1.29, 1.82) is 0 Å². The molecule has 0 fully saturated rings. The zero-order chi connectivity index (χ0) is 15.4.